The number of carbonyl (C=O) groups is 1. The Bertz CT molecular complexity index is 872. The summed E-state index contributed by atoms with van der Waals surface area (Å²) < 4.78 is 12.0. The van der Waals surface area contributed by atoms with Crippen LogP contribution in [0, 0.1) is 17.8 Å². The first-order valence-electron chi connectivity index (χ1n) is 17.0. The molecule has 1 amide bonds. The molecule has 42 heavy (non-hydrogen) atoms. The lowest BCUT2D eigenvalue weighted by atomic mass is 9.72. The second kappa shape index (κ2) is 14.5. The molecule has 2 aliphatic carbocycles. The Morgan fingerprint density at radius 1 is 1.05 bits per heavy atom. The van der Waals surface area contributed by atoms with Crippen LogP contribution in [-0.2, 0) is 14.3 Å². The van der Waals surface area contributed by atoms with Crippen LogP contribution in [0.25, 0.3) is 0 Å². The molecular formula is C31H57N7O4. The fourth-order valence-electron chi connectivity index (χ4n) is 8.07. The molecule has 0 aromatic rings. The van der Waals surface area contributed by atoms with Crippen molar-refractivity contribution in [2.75, 3.05) is 59.7 Å². The smallest absolute Gasteiger partial charge is 0.223 e. The zero-order valence-electron chi connectivity index (χ0n) is 25.9. The van der Waals surface area contributed by atoms with Gasteiger partial charge in [0.05, 0.1) is 44.0 Å². The molecule has 4 heterocycles. The number of amides is 1. The van der Waals surface area contributed by atoms with Gasteiger partial charge in [-0.15, -0.1) is 0 Å². The summed E-state index contributed by atoms with van der Waals surface area (Å²) in [4.78, 5) is 18.4. The lowest BCUT2D eigenvalue weighted by molar-refractivity contribution is -0.128. The summed E-state index contributed by atoms with van der Waals surface area (Å²) in [5.41, 5.74) is 0. The van der Waals surface area contributed by atoms with Gasteiger partial charge in [-0.3, -0.25) is 25.6 Å². The molecule has 8 unspecified atom stereocenters. The molecule has 0 aromatic heterocycles. The molecule has 6 fully saturated rings. The van der Waals surface area contributed by atoms with Crippen molar-refractivity contribution in [3.63, 3.8) is 0 Å². The predicted octanol–water partition coefficient (Wildman–Crippen LogP) is 0.00260. The minimum absolute atomic E-state index is 0.0296. The van der Waals surface area contributed by atoms with E-state index >= 15 is 0 Å². The second-order valence-electron chi connectivity index (χ2n) is 14.2. The fourth-order valence-corrected chi connectivity index (χ4v) is 8.07. The number of hydrogen-bond donors (Lipinski definition) is 6. The number of fused-ring (bicyclic) bond motifs is 1. The monoisotopic (exact) mass is 591 g/mol. The van der Waals surface area contributed by atoms with Crippen LogP contribution in [0.5, 0.6) is 0 Å². The van der Waals surface area contributed by atoms with Gasteiger partial charge in [0.25, 0.3) is 0 Å². The summed E-state index contributed by atoms with van der Waals surface area (Å²) in [5.74, 6) is 1.24. The number of nitrogens with zero attached hydrogens (tertiary/aromatic N) is 2. The molecule has 11 heteroatoms. The lowest BCUT2D eigenvalue weighted by Crippen LogP contribution is -2.64. The molecule has 2 saturated carbocycles. The average Bonchev–Trinajstić information content (AvgIpc) is 3.40. The summed E-state index contributed by atoms with van der Waals surface area (Å²) in [6, 6.07) is 0.949. The molecule has 0 radical (unpaired) electrons. The van der Waals surface area contributed by atoms with Crippen molar-refractivity contribution in [3.05, 3.63) is 0 Å². The van der Waals surface area contributed by atoms with Gasteiger partial charge in [0, 0.05) is 56.8 Å². The van der Waals surface area contributed by atoms with Crippen LogP contribution in [0.1, 0.15) is 64.7 Å². The molecule has 4 aliphatic heterocycles. The Balaban J connectivity index is 0.945. The van der Waals surface area contributed by atoms with Crippen LogP contribution < -0.4 is 26.6 Å². The third-order valence-electron chi connectivity index (χ3n) is 11.3. The number of rotatable bonds is 10. The van der Waals surface area contributed by atoms with Gasteiger partial charge in [0.15, 0.2) is 0 Å². The van der Waals surface area contributed by atoms with Gasteiger partial charge in [-0.1, -0.05) is 6.42 Å². The van der Waals surface area contributed by atoms with Crippen molar-refractivity contribution in [1.82, 2.24) is 36.4 Å². The average molecular weight is 592 g/mol. The molecule has 0 bridgehead atoms. The van der Waals surface area contributed by atoms with Crippen molar-refractivity contribution in [2.24, 2.45) is 17.8 Å². The van der Waals surface area contributed by atoms with Crippen molar-refractivity contribution in [1.29, 1.82) is 0 Å². The van der Waals surface area contributed by atoms with Gasteiger partial charge in [-0.2, -0.15) is 0 Å². The molecule has 0 spiro atoms. The topological polar surface area (TPSA) is 122 Å². The number of hydrogen-bond acceptors (Lipinski definition) is 10. The van der Waals surface area contributed by atoms with E-state index in [1.807, 2.05) is 0 Å². The van der Waals surface area contributed by atoms with Gasteiger partial charge < -0.3 is 30.1 Å². The van der Waals surface area contributed by atoms with E-state index in [2.05, 4.69) is 50.4 Å². The molecule has 6 N–H and O–H groups in total. The zero-order valence-corrected chi connectivity index (χ0v) is 25.9. The van der Waals surface area contributed by atoms with Crippen LogP contribution in [0.4, 0.5) is 0 Å². The molecule has 0 aromatic carbocycles. The highest BCUT2D eigenvalue weighted by Crippen LogP contribution is 2.37. The molecule has 6 rings (SSSR count). The van der Waals surface area contributed by atoms with E-state index < -0.39 is 6.10 Å². The standard InChI is InChI=1S/C31H57N7O4/c1-20-28(42-19-34-20)18-41-25-7-6-21-13-26(32-16-23(21)12-25)27(39)17-33-31(40)22-14-29(35-24-4-3-5-24)36-30(15-22)38-10-8-37(2)9-11-38/h20-30,32,34-36,39H,3-19H2,1-2H3,(H,33,40)/t20?,21?,22?,23?,25?,26-,27+,28?,29?,30?/m0/s1. The Labute approximate surface area is 252 Å². The summed E-state index contributed by atoms with van der Waals surface area (Å²) >= 11 is 0. The molecule has 240 valence electrons. The number of piperazine rings is 1. The Hall–Kier alpha value is -0.890. The van der Waals surface area contributed by atoms with Crippen LogP contribution in [0.3, 0.4) is 0 Å². The summed E-state index contributed by atoms with van der Waals surface area (Å²) in [6.07, 6.45) is 9.91. The van der Waals surface area contributed by atoms with E-state index in [4.69, 9.17) is 9.47 Å². The maximum absolute atomic E-state index is 13.5. The SMILES string of the molecule is CC1NCOC1COC1CCC2C[C@@H]([C@H](O)CNC(=O)C3CC(NC4CCC4)NC(N4CCN(C)CC4)C3)NCC2C1. The minimum atomic E-state index is -0.573. The van der Waals surface area contributed by atoms with E-state index in [0.717, 1.165) is 71.2 Å². The summed E-state index contributed by atoms with van der Waals surface area (Å²) in [5, 5.41) is 28.8. The number of nitrogens with one attached hydrogen (secondary N) is 5. The van der Waals surface area contributed by atoms with Crippen LogP contribution in [0.2, 0.25) is 0 Å². The van der Waals surface area contributed by atoms with Crippen LogP contribution >= 0.6 is 0 Å². The van der Waals surface area contributed by atoms with Crippen molar-refractivity contribution in [2.45, 2.75) is 113 Å². The molecule has 10 atom stereocenters. The molecule has 11 nitrogen and oxygen atoms in total. The minimum Gasteiger partial charge on any atom is -0.390 e. The van der Waals surface area contributed by atoms with E-state index in [0.29, 0.717) is 49.9 Å². The van der Waals surface area contributed by atoms with Crippen molar-refractivity contribution in [3.8, 4) is 0 Å². The highest BCUT2D eigenvalue weighted by Gasteiger charge is 2.40. The Kier molecular flexibility index (Phi) is 10.7. The largest absolute Gasteiger partial charge is 0.390 e. The lowest BCUT2D eigenvalue weighted by Gasteiger charge is -2.46. The van der Waals surface area contributed by atoms with Gasteiger partial charge in [0.2, 0.25) is 5.91 Å². The maximum Gasteiger partial charge on any atom is 0.223 e. The summed E-state index contributed by atoms with van der Waals surface area (Å²) in [7, 11) is 2.18. The number of likely N-dealkylation sites (N-methyl/N-ethyl adjacent to an activating group) is 1. The van der Waals surface area contributed by atoms with E-state index in [9.17, 15) is 9.90 Å². The van der Waals surface area contributed by atoms with Crippen molar-refractivity contribution < 1.29 is 19.4 Å². The van der Waals surface area contributed by atoms with Crippen LogP contribution in [-0.4, -0.2) is 129 Å². The number of carbonyl (C=O) groups excluding carboxylic acids is 1. The second-order valence-corrected chi connectivity index (χ2v) is 14.2. The van der Waals surface area contributed by atoms with Crippen molar-refractivity contribution >= 4 is 5.91 Å². The molecular weight excluding hydrogens is 534 g/mol. The number of piperidine rings is 2. The third-order valence-corrected chi connectivity index (χ3v) is 11.3. The number of aliphatic hydroxyl groups excluding tert-OH is 1. The highest BCUT2D eigenvalue weighted by molar-refractivity contribution is 5.78. The first-order chi connectivity index (χ1) is 20.4. The maximum atomic E-state index is 13.5. The molecule has 4 saturated heterocycles. The van der Waals surface area contributed by atoms with E-state index in [1.54, 1.807) is 0 Å². The van der Waals surface area contributed by atoms with Gasteiger partial charge >= 0.3 is 0 Å². The third kappa shape index (κ3) is 7.84. The quantitative estimate of drug-likeness (QED) is 0.207. The van der Waals surface area contributed by atoms with Gasteiger partial charge in [-0.25, -0.2) is 0 Å². The van der Waals surface area contributed by atoms with E-state index in [-0.39, 0.29) is 36.3 Å². The Morgan fingerprint density at radius 3 is 2.62 bits per heavy atom. The zero-order chi connectivity index (χ0) is 29.1. The van der Waals surface area contributed by atoms with Crippen LogP contribution in [0.15, 0.2) is 0 Å². The normalized spacial score (nSPS) is 41.2. The van der Waals surface area contributed by atoms with Gasteiger partial charge in [0.1, 0.15) is 0 Å². The molecule has 6 aliphatic rings. The number of ether oxygens (including phenoxy) is 2. The fraction of sp³-hybridized carbons (Fsp3) is 0.968. The Morgan fingerprint density at radius 2 is 1.88 bits per heavy atom. The first kappa shape index (κ1) is 31.1. The van der Waals surface area contributed by atoms with Gasteiger partial charge in [-0.05, 0) is 83.7 Å². The highest BCUT2D eigenvalue weighted by atomic mass is 16.5. The van der Waals surface area contributed by atoms with E-state index in [1.165, 1.54) is 19.3 Å². The predicted molar refractivity (Wildman–Crippen MR) is 162 cm³/mol. The summed E-state index contributed by atoms with van der Waals surface area (Å²) in [6.45, 7) is 8.86. The number of aliphatic hydroxyl groups is 1. The first-order valence-corrected chi connectivity index (χ1v) is 17.0.